The molecule has 2 nitrogen and oxygen atoms in total. The van der Waals surface area contributed by atoms with E-state index in [1.54, 1.807) is 0 Å². The van der Waals surface area contributed by atoms with Crippen LogP contribution in [-0.2, 0) is 0 Å². The fourth-order valence-corrected chi connectivity index (χ4v) is 3.21. The summed E-state index contributed by atoms with van der Waals surface area (Å²) in [5, 5.41) is 0. The average molecular weight is 257 g/mol. The Morgan fingerprint density at radius 1 is 1.26 bits per heavy atom. The summed E-state index contributed by atoms with van der Waals surface area (Å²) < 4.78 is 29.6. The zero-order valence-electron chi connectivity index (χ0n) is 10.1. The van der Waals surface area contributed by atoms with Crippen LogP contribution < -0.4 is 4.57 Å². The largest absolute Gasteiger partial charge is 0.229 e. The number of fused-ring (bicyclic) bond motifs is 6. The average Bonchev–Trinajstić information content (AvgIpc) is 2.87. The van der Waals surface area contributed by atoms with Crippen LogP contribution in [0.4, 0.5) is 8.78 Å². The van der Waals surface area contributed by atoms with Crippen molar-refractivity contribution in [2.24, 2.45) is 0 Å². The predicted molar refractivity (Wildman–Crippen MR) is 65.3 cm³/mol. The third kappa shape index (κ3) is 1.40. The molecule has 2 aliphatic rings. The monoisotopic (exact) mass is 257 g/mol. The van der Waals surface area contributed by atoms with Crippen LogP contribution in [0.1, 0.15) is 23.9 Å². The molecule has 2 aromatic rings. The van der Waals surface area contributed by atoms with Crippen LogP contribution in [0, 0.1) is 11.9 Å². The van der Waals surface area contributed by atoms with Gasteiger partial charge in [-0.15, -0.1) is 0 Å². The number of allylic oxidation sites excluding steroid dienone is 2. The van der Waals surface area contributed by atoms with Crippen LogP contribution in [0.15, 0.2) is 42.6 Å². The van der Waals surface area contributed by atoms with Crippen LogP contribution >= 0.6 is 0 Å². The minimum atomic E-state index is -0.750. The van der Waals surface area contributed by atoms with Crippen molar-refractivity contribution in [1.82, 2.24) is 4.98 Å². The molecule has 0 saturated carbocycles. The van der Waals surface area contributed by atoms with E-state index in [-0.39, 0.29) is 12.0 Å². The van der Waals surface area contributed by atoms with Crippen LogP contribution in [0.3, 0.4) is 0 Å². The SMILES string of the molecule is Fc1cc2c(c(F)n1)-c1cccc[n+]1C1CC=CC21. The second-order valence-corrected chi connectivity index (χ2v) is 4.95. The first kappa shape index (κ1) is 10.8. The number of pyridine rings is 2. The quantitative estimate of drug-likeness (QED) is 0.403. The molecule has 4 rings (SSSR count). The minimum Gasteiger partial charge on any atom is -0.194 e. The van der Waals surface area contributed by atoms with Gasteiger partial charge in [0.1, 0.15) is 5.56 Å². The van der Waals surface area contributed by atoms with Crippen molar-refractivity contribution in [3.05, 3.63) is 60.1 Å². The number of hydrogen-bond donors (Lipinski definition) is 0. The molecule has 0 radical (unpaired) electrons. The molecule has 0 bridgehead atoms. The highest BCUT2D eigenvalue weighted by Gasteiger charge is 2.42. The lowest BCUT2D eigenvalue weighted by Crippen LogP contribution is -2.45. The first-order valence-corrected chi connectivity index (χ1v) is 6.29. The number of rotatable bonds is 0. The Bertz CT molecular complexity index is 709. The highest BCUT2D eigenvalue weighted by molar-refractivity contribution is 5.64. The Labute approximate surface area is 109 Å². The van der Waals surface area contributed by atoms with Gasteiger partial charge in [0, 0.05) is 18.6 Å². The number of nitrogens with zero attached hydrogens (tertiary/aromatic N) is 2. The van der Waals surface area contributed by atoms with Gasteiger partial charge in [-0.1, -0.05) is 12.2 Å². The summed E-state index contributed by atoms with van der Waals surface area (Å²) in [4.78, 5) is 3.33. The van der Waals surface area contributed by atoms with Crippen molar-refractivity contribution in [3.63, 3.8) is 0 Å². The molecule has 4 heteroatoms. The lowest BCUT2D eigenvalue weighted by molar-refractivity contribution is -0.715. The van der Waals surface area contributed by atoms with E-state index in [1.165, 1.54) is 6.07 Å². The van der Waals surface area contributed by atoms with Gasteiger partial charge in [-0.25, -0.2) is 0 Å². The summed E-state index contributed by atoms with van der Waals surface area (Å²) in [6.45, 7) is 0. The summed E-state index contributed by atoms with van der Waals surface area (Å²) in [7, 11) is 0. The van der Waals surface area contributed by atoms with E-state index in [2.05, 4.69) is 15.6 Å². The third-order valence-corrected chi connectivity index (χ3v) is 3.97. The van der Waals surface area contributed by atoms with E-state index < -0.39 is 11.9 Å². The summed E-state index contributed by atoms with van der Waals surface area (Å²) in [5.74, 6) is -1.45. The predicted octanol–water partition coefficient (Wildman–Crippen LogP) is 2.91. The standard InChI is InChI=1S/C15H11F2N2/c16-13-8-10-9-4-3-6-11(9)19-7-2-1-5-12(19)14(10)15(17)18-13/h1-5,7-9,11H,6H2/q+1. The highest BCUT2D eigenvalue weighted by atomic mass is 19.1. The van der Waals surface area contributed by atoms with Gasteiger partial charge in [0.05, 0.1) is 5.92 Å². The smallest absolute Gasteiger partial charge is 0.194 e. The zero-order chi connectivity index (χ0) is 13.0. The van der Waals surface area contributed by atoms with E-state index in [9.17, 15) is 8.78 Å². The van der Waals surface area contributed by atoms with E-state index in [0.717, 1.165) is 12.1 Å². The molecule has 0 amide bonds. The molecule has 0 aromatic carbocycles. The molecule has 3 heterocycles. The van der Waals surface area contributed by atoms with Crippen molar-refractivity contribution in [2.75, 3.05) is 0 Å². The van der Waals surface area contributed by atoms with Gasteiger partial charge >= 0.3 is 0 Å². The zero-order valence-corrected chi connectivity index (χ0v) is 10.1. The molecule has 0 saturated heterocycles. The minimum absolute atomic E-state index is 0.0295. The molecule has 0 N–H and O–H groups in total. The number of hydrogen-bond acceptors (Lipinski definition) is 1. The van der Waals surface area contributed by atoms with Crippen molar-refractivity contribution in [2.45, 2.75) is 18.4 Å². The van der Waals surface area contributed by atoms with Gasteiger partial charge in [0.25, 0.3) is 0 Å². The maximum absolute atomic E-state index is 14.1. The Hall–Kier alpha value is -2.10. The summed E-state index contributed by atoms with van der Waals surface area (Å²) in [5.41, 5.74) is 1.90. The van der Waals surface area contributed by atoms with Crippen molar-refractivity contribution in [3.8, 4) is 11.3 Å². The third-order valence-electron chi connectivity index (χ3n) is 3.97. The topological polar surface area (TPSA) is 16.8 Å². The van der Waals surface area contributed by atoms with E-state index >= 15 is 0 Å². The fourth-order valence-electron chi connectivity index (χ4n) is 3.21. The van der Waals surface area contributed by atoms with Crippen LogP contribution in [0.5, 0.6) is 0 Å². The lowest BCUT2D eigenvalue weighted by atomic mass is 9.86. The number of halogens is 2. The molecule has 2 unspecified atom stereocenters. The molecular formula is C15H11F2N2+. The van der Waals surface area contributed by atoms with E-state index in [1.807, 2.05) is 30.5 Å². The molecule has 2 aromatic heterocycles. The molecule has 1 aliphatic heterocycles. The molecule has 0 fully saturated rings. The summed E-state index contributed by atoms with van der Waals surface area (Å²) in [6, 6.07) is 7.22. The summed E-state index contributed by atoms with van der Waals surface area (Å²) in [6.07, 6.45) is 6.94. The van der Waals surface area contributed by atoms with Gasteiger partial charge in [0.2, 0.25) is 17.6 Å². The first-order chi connectivity index (χ1) is 9.25. The maximum Gasteiger partial charge on any atom is 0.229 e. The Morgan fingerprint density at radius 3 is 3.05 bits per heavy atom. The Kier molecular flexibility index (Phi) is 2.10. The normalized spacial score (nSPS) is 22.8. The van der Waals surface area contributed by atoms with Crippen LogP contribution in [0.2, 0.25) is 0 Å². The maximum atomic E-state index is 14.1. The van der Waals surface area contributed by atoms with Gasteiger partial charge in [-0.2, -0.15) is 18.3 Å². The van der Waals surface area contributed by atoms with E-state index in [4.69, 9.17) is 0 Å². The molecule has 2 atom stereocenters. The van der Waals surface area contributed by atoms with Crippen molar-refractivity contribution in [1.29, 1.82) is 0 Å². The molecule has 94 valence electrons. The highest BCUT2D eigenvalue weighted by Crippen LogP contribution is 2.43. The fraction of sp³-hybridized carbons (Fsp3) is 0.200. The molecule has 19 heavy (non-hydrogen) atoms. The van der Waals surface area contributed by atoms with Gasteiger partial charge < -0.3 is 0 Å². The first-order valence-electron chi connectivity index (χ1n) is 6.29. The Balaban J connectivity index is 2.09. The van der Waals surface area contributed by atoms with Crippen molar-refractivity contribution < 1.29 is 13.3 Å². The van der Waals surface area contributed by atoms with Crippen LogP contribution in [-0.4, -0.2) is 4.98 Å². The number of aromatic nitrogens is 2. The molecule has 1 aliphatic carbocycles. The van der Waals surface area contributed by atoms with Crippen LogP contribution in [0.25, 0.3) is 11.3 Å². The summed E-state index contributed by atoms with van der Waals surface area (Å²) >= 11 is 0. The second-order valence-electron chi connectivity index (χ2n) is 4.95. The lowest BCUT2D eigenvalue weighted by Gasteiger charge is -2.25. The van der Waals surface area contributed by atoms with Gasteiger partial charge in [-0.05, 0) is 17.7 Å². The molecular weight excluding hydrogens is 246 g/mol. The van der Waals surface area contributed by atoms with Crippen molar-refractivity contribution >= 4 is 0 Å². The second kappa shape index (κ2) is 3.70. The van der Waals surface area contributed by atoms with Gasteiger partial charge in [-0.3, -0.25) is 0 Å². The Morgan fingerprint density at radius 2 is 2.16 bits per heavy atom. The van der Waals surface area contributed by atoms with E-state index in [0.29, 0.717) is 11.1 Å². The molecule has 0 spiro atoms. The van der Waals surface area contributed by atoms with Gasteiger partial charge in [0.15, 0.2) is 12.2 Å².